The first-order chi connectivity index (χ1) is 7.58. The van der Waals surface area contributed by atoms with Crippen molar-refractivity contribution >= 4 is 40.1 Å². The maximum absolute atomic E-state index is 12.1. The SMILES string of the molecule is N[C@H]1CCN(C(=O)c2ccc(I)c(Cl)c2)C1. The monoisotopic (exact) mass is 350 g/mol. The highest BCUT2D eigenvalue weighted by Gasteiger charge is 2.24. The van der Waals surface area contributed by atoms with Crippen molar-refractivity contribution in [2.24, 2.45) is 5.73 Å². The zero-order chi connectivity index (χ0) is 11.7. The van der Waals surface area contributed by atoms with Gasteiger partial charge in [-0.1, -0.05) is 11.6 Å². The fraction of sp³-hybridized carbons (Fsp3) is 0.364. The van der Waals surface area contributed by atoms with Crippen molar-refractivity contribution in [2.45, 2.75) is 12.5 Å². The van der Waals surface area contributed by atoms with E-state index >= 15 is 0 Å². The van der Waals surface area contributed by atoms with Crippen LogP contribution in [-0.4, -0.2) is 29.9 Å². The van der Waals surface area contributed by atoms with Crippen LogP contribution in [0.25, 0.3) is 0 Å². The molecule has 0 spiro atoms. The molecule has 1 fully saturated rings. The lowest BCUT2D eigenvalue weighted by molar-refractivity contribution is 0.0791. The summed E-state index contributed by atoms with van der Waals surface area (Å²) in [5.41, 5.74) is 6.41. The average Bonchev–Trinajstić information content (AvgIpc) is 2.68. The quantitative estimate of drug-likeness (QED) is 0.789. The summed E-state index contributed by atoms with van der Waals surface area (Å²) in [4.78, 5) is 13.8. The van der Waals surface area contributed by atoms with E-state index < -0.39 is 0 Å². The van der Waals surface area contributed by atoms with Crippen molar-refractivity contribution in [3.05, 3.63) is 32.4 Å². The van der Waals surface area contributed by atoms with Gasteiger partial charge in [-0.15, -0.1) is 0 Å². The summed E-state index contributed by atoms with van der Waals surface area (Å²) in [6, 6.07) is 5.49. The van der Waals surface area contributed by atoms with Crippen LogP contribution in [0, 0.1) is 3.57 Å². The van der Waals surface area contributed by atoms with Gasteiger partial charge in [0.1, 0.15) is 0 Å². The van der Waals surface area contributed by atoms with Crippen LogP contribution in [0.1, 0.15) is 16.8 Å². The van der Waals surface area contributed by atoms with E-state index in [-0.39, 0.29) is 11.9 Å². The van der Waals surface area contributed by atoms with Crippen LogP contribution in [0.2, 0.25) is 5.02 Å². The molecule has 1 aromatic rings. The van der Waals surface area contributed by atoms with Gasteiger partial charge in [-0.3, -0.25) is 4.79 Å². The Morgan fingerprint density at radius 1 is 1.56 bits per heavy atom. The molecule has 0 radical (unpaired) electrons. The van der Waals surface area contributed by atoms with Crippen molar-refractivity contribution in [1.29, 1.82) is 0 Å². The third kappa shape index (κ3) is 2.49. The number of rotatable bonds is 1. The van der Waals surface area contributed by atoms with E-state index in [9.17, 15) is 4.79 Å². The first-order valence-electron chi connectivity index (χ1n) is 5.08. The number of halogens is 2. The Balaban J connectivity index is 2.18. The van der Waals surface area contributed by atoms with Crippen LogP contribution in [0.15, 0.2) is 18.2 Å². The number of nitrogens with two attached hydrogens (primary N) is 1. The molecule has 0 unspecified atom stereocenters. The van der Waals surface area contributed by atoms with Gasteiger partial charge in [-0.25, -0.2) is 0 Å². The summed E-state index contributed by atoms with van der Waals surface area (Å²) < 4.78 is 0.953. The maximum atomic E-state index is 12.1. The molecule has 2 N–H and O–H groups in total. The molecule has 86 valence electrons. The molecule has 0 aromatic heterocycles. The minimum absolute atomic E-state index is 0.0197. The molecule has 0 saturated carbocycles. The van der Waals surface area contributed by atoms with Crippen LogP contribution in [0.3, 0.4) is 0 Å². The lowest BCUT2D eigenvalue weighted by atomic mass is 10.2. The molecule has 1 heterocycles. The highest BCUT2D eigenvalue weighted by atomic mass is 127. The van der Waals surface area contributed by atoms with Gasteiger partial charge in [0.15, 0.2) is 0 Å². The predicted octanol–water partition coefficient (Wildman–Crippen LogP) is 2.12. The number of hydrogen-bond acceptors (Lipinski definition) is 2. The average molecular weight is 351 g/mol. The molecule has 5 heteroatoms. The molecule has 16 heavy (non-hydrogen) atoms. The van der Waals surface area contributed by atoms with Crippen LogP contribution in [0.4, 0.5) is 0 Å². The summed E-state index contributed by atoms with van der Waals surface area (Å²) in [5.74, 6) is 0.0197. The Morgan fingerprint density at radius 3 is 2.88 bits per heavy atom. The molecule has 3 nitrogen and oxygen atoms in total. The van der Waals surface area contributed by atoms with Gasteiger partial charge >= 0.3 is 0 Å². The molecule has 1 aliphatic rings. The summed E-state index contributed by atoms with van der Waals surface area (Å²) >= 11 is 8.13. The Morgan fingerprint density at radius 2 is 2.31 bits per heavy atom. The second-order valence-corrected chi connectivity index (χ2v) is 5.50. The number of hydrogen-bond donors (Lipinski definition) is 1. The van der Waals surface area contributed by atoms with Crippen molar-refractivity contribution in [3.63, 3.8) is 0 Å². The first-order valence-corrected chi connectivity index (χ1v) is 6.53. The van der Waals surface area contributed by atoms with Gasteiger partial charge in [0, 0.05) is 28.3 Å². The number of benzene rings is 1. The molecule has 0 bridgehead atoms. The summed E-state index contributed by atoms with van der Waals surface area (Å²) in [5, 5.41) is 0.620. The Kier molecular flexibility index (Phi) is 3.71. The van der Waals surface area contributed by atoms with E-state index in [1.54, 1.807) is 17.0 Å². The normalized spacial score (nSPS) is 20.2. The summed E-state index contributed by atoms with van der Waals surface area (Å²) in [7, 11) is 0. The zero-order valence-electron chi connectivity index (χ0n) is 8.62. The summed E-state index contributed by atoms with van der Waals surface area (Å²) in [6.45, 7) is 1.38. The molecule has 0 aliphatic carbocycles. The van der Waals surface area contributed by atoms with Gasteiger partial charge in [0.2, 0.25) is 0 Å². The van der Waals surface area contributed by atoms with Crippen LogP contribution in [-0.2, 0) is 0 Å². The highest BCUT2D eigenvalue weighted by molar-refractivity contribution is 14.1. The zero-order valence-corrected chi connectivity index (χ0v) is 11.5. The lowest BCUT2D eigenvalue weighted by Crippen LogP contribution is -2.31. The Hall–Kier alpha value is -0.330. The van der Waals surface area contributed by atoms with Crippen molar-refractivity contribution in [1.82, 2.24) is 4.90 Å². The molecule has 1 atom stereocenters. The number of nitrogens with zero attached hydrogens (tertiary/aromatic N) is 1. The molecule has 1 aromatic carbocycles. The molecule has 1 aliphatic heterocycles. The van der Waals surface area contributed by atoms with Gasteiger partial charge < -0.3 is 10.6 Å². The topological polar surface area (TPSA) is 46.3 Å². The van der Waals surface area contributed by atoms with Gasteiger partial charge in [-0.05, 0) is 47.2 Å². The second-order valence-electron chi connectivity index (χ2n) is 3.93. The van der Waals surface area contributed by atoms with Gasteiger partial charge in [-0.2, -0.15) is 0 Å². The number of carbonyl (C=O) groups excluding carboxylic acids is 1. The van der Waals surface area contributed by atoms with Crippen LogP contribution < -0.4 is 5.73 Å². The van der Waals surface area contributed by atoms with E-state index in [0.717, 1.165) is 16.5 Å². The maximum Gasteiger partial charge on any atom is 0.253 e. The molecule has 1 amide bonds. The third-order valence-electron chi connectivity index (χ3n) is 2.68. The Bertz CT molecular complexity index is 424. The van der Waals surface area contributed by atoms with Crippen molar-refractivity contribution in [2.75, 3.05) is 13.1 Å². The van der Waals surface area contributed by atoms with Crippen molar-refractivity contribution < 1.29 is 4.79 Å². The number of amides is 1. The van der Waals surface area contributed by atoms with E-state index in [4.69, 9.17) is 17.3 Å². The number of likely N-dealkylation sites (tertiary alicyclic amines) is 1. The van der Waals surface area contributed by atoms with E-state index in [1.807, 2.05) is 6.07 Å². The lowest BCUT2D eigenvalue weighted by Gasteiger charge is -2.15. The first kappa shape index (κ1) is 12.1. The minimum atomic E-state index is 0.0197. The standard InChI is InChI=1S/C11H12ClIN2O/c12-9-5-7(1-2-10(9)13)11(16)15-4-3-8(14)6-15/h1-2,5,8H,3-4,6,14H2/t8-/m0/s1. The van der Waals surface area contributed by atoms with Gasteiger partial charge in [0.05, 0.1) is 5.02 Å². The Labute approximate surface area is 113 Å². The smallest absolute Gasteiger partial charge is 0.253 e. The molecular weight excluding hydrogens is 338 g/mol. The van der Waals surface area contributed by atoms with E-state index in [1.165, 1.54) is 0 Å². The summed E-state index contributed by atoms with van der Waals surface area (Å²) in [6.07, 6.45) is 0.879. The predicted molar refractivity (Wildman–Crippen MR) is 72.7 cm³/mol. The largest absolute Gasteiger partial charge is 0.337 e. The van der Waals surface area contributed by atoms with Gasteiger partial charge in [0.25, 0.3) is 5.91 Å². The number of carbonyl (C=O) groups is 1. The van der Waals surface area contributed by atoms with Crippen LogP contribution in [0.5, 0.6) is 0 Å². The molecular formula is C11H12ClIN2O. The second kappa shape index (κ2) is 4.89. The van der Waals surface area contributed by atoms with Crippen LogP contribution >= 0.6 is 34.2 Å². The fourth-order valence-electron chi connectivity index (χ4n) is 1.78. The third-order valence-corrected chi connectivity index (χ3v) is 4.25. The van der Waals surface area contributed by atoms with E-state index in [0.29, 0.717) is 17.1 Å². The molecule has 2 rings (SSSR count). The van der Waals surface area contributed by atoms with Crippen molar-refractivity contribution in [3.8, 4) is 0 Å². The van der Waals surface area contributed by atoms with E-state index in [2.05, 4.69) is 22.6 Å². The minimum Gasteiger partial charge on any atom is -0.337 e. The fourth-order valence-corrected chi connectivity index (χ4v) is 2.30. The molecule has 1 saturated heterocycles. The highest BCUT2D eigenvalue weighted by Crippen LogP contribution is 2.21.